The number of halogens is 1. The van der Waals surface area contributed by atoms with Crippen molar-refractivity contribution in [1.29, 1.82) is 0 Å². The Morgan fingerprint density at radius 2 is 2.19 bits per heavy atom. The molecule has 3 N–H and O–H groups in total. The molecule has 3 heterocycles. The van der Waals surface area contributed by atoms with Gasteiger partial charge in [-0.3, -0.25) is 20.1 Å². The smallest absolute Gasteiger partial charge is 0.128 e. The number of aryl methyl sites for hydroxylation is 1. The molecule has 2 aliphatic rings. The van der Waals surface area contributed by atoms with Gasteiger partial charge in [-0.1, -0.05) is 0 Å². The first kappa shape index (κ1) is 16.2. The highest BCUT2D eigenvalue weighted by Gasteiger charge is 2.30. The summed E-state index contributed by atoms with van der Waals surface area (Å²) in [5, 5.41) is 7.36. The molecule has 0 amide bonds. The highest BCUT2D eigenvalue weighted by molar-refractivity contribution is 5.77. The zero-order valence-corrected chi connectivity index (χ0v) is 14.3. The quantitative estimate of drug-likeness (QED) is 0.805. The van der Waals surface area contributed by atoms with Crippen molar-refractivity contribution < 1.29 is 9.13 Å². The van der Waals surface area contributed by atoms with Gasteiger partial charge in [0.25, 0.3) is 0 Å². The molecule has 8 nitrogen and oxygen atoms in total. The van der Waals surface area contributed by atoms with E-state index in [1.54, 1.807) is 41.3 Å². The number of ether oxygens (including phenoxy) is 1. The van der Waals surface area contributed by atoms with Crippen LogP contribution in [0.5, 0.6) is 5.75 Å². The largest absolute Gasteiger partial charge is 0.497 e. The molecule has 4 rings (SSSR count). The maximum Gasteiger partial charge on any atom is 0.128 e. The first-order valence-corrected chi connectivity index (χ1v) is 7.94. The van der Waals surface area contributed by atoms with Crippen LogP contribution in [-0.4, -0.2) is 33.2 Å². The number of rotatable bonds is 4. The molecule has 26 heavy (non-hydrogen) atoms. The molecule has 0 aliphatic carbocycles. The Balaban J connectivity index is 1.69. The number of benzene rings is 1. The standard InChI is InChI=1S/C17H18FN7O/c1-23-7-12(6-21-23)16-17-15(9-24(19)10-20-17)25(22-16)8-11-5-13(26-2)3-4-14(11)18/h3-7,9-10,22H,8,19H2,1-2H3. The van der Waals surface area contributed by atoms with Crippen LogP contribution >= 0.6 is 0 Å². The SMILES string of the molecule is COc1ccc(F)c(CN2NC(c3cnn(C)c3)=C3N=CN(N)C=C32)c1. The lowest BCUT2D eigenvalue weighted by atomic mass is 10.1. The average Bonchev–Trinajstić information content (AvgIpc) is 3.20. The molecule has 0 atom stereocenters. The van der Waals surface area contributed by atoms with Gasteiger partial charge >= 0.3 is 0 Å². The van der Waals surface area contributed by atoms with Gasteiger partial charge in [0.1, 0.15) is 29.3 Å². The van der Waals surface area contributed by atoms with Gasteiger partial charge in [-0.25, -0.2) is 15.2 Å². The van der Waals surface area contributed by atoms with Crippen molar-refractivity contribution in [2.75, 3.05) is 7.11 Å². The normalized spacial score (nSPS) is 15.9. The summed E-state index contributed by atoms with van der Waals surface area (Å²) in [4.78, 5) is 4.42. The number of nitrogens with zero attached hydrogens (tertiary/aromatic N) is 5. The van der Waals surface area contributed by atoms with Gasteiger partial charge in [0, 0.05) is 30.6 Å². The fraction of sp³-hybridized carbons (Fsp3) is 0.176. The molecule has 0 bridgehead atoms. The first-order valence-electron chi connectivity index (χ1n) is 7.94. The third-order valence-corrected chi connectivity index (χ3v) is 4.18. The van der Waals surface area contributed by atoms with Crippen molar-refractivity contribution >= 4 is 12.0 Å². The van der Waals surface area contributed by atoms with E-state index in [4.69, 9.17) is 10.6 Å². The number of nitrogens with two attached hydrogens (primary N) is 1. The molecule has 0 unspecified atom stereocenters. The summed E-state index contributed by atoms with van der Waals surface area (Å²) in [6.45, 7) is 0.269. The lowest BCUT2D eigenvalue weighted by Gasteiger charge is -2.24. The number of aromatic nitrogens is 2. The molecule has 2 aromatic rings. The molecule has 0 saturated heterocycles. The van der Waals surface area contributed by atoms with Crippen LogP contribution in [0.15, 0.2) is 53.2 Å². The summed E-state index contributed by atoms with van der Waals surface area (Å²) in [6, 6.07) is 4.65. The third kappa shape index (κ3) is 2.78. The second kappa shape index (κ2) is 6.19. The van der Waals surface area contributed by atoms with Crippen LogP contribution in [-0.2, 0) is 13.6 Å². The summed E-state index contributed by atoms with van der Waals surface area (Å²) in [6.07, 6.45) is 6.88. The van der Waals surface area contributed by atoms with Gasteiger partial charge in [-0.05, 0) is 18.2 Å². The predicted octanol–water partition coefficient (Wildman–Crippen LogP) is 1.32. The minimum atomic E-state index is -0.312. The van der Waals surface area contributed by atoms with Crippen LogP contribution in [0.25, 0.3) is 5.70 Å². The predicted molar refractivity (Wildman–Crippen MR) is 94.4 cm³/mol. The first-order chi connectivity index (χ1) is 12.5. The van der Waals surface area contributed by atoms with Crippen molar-refractivity contribution in [3.05, 3.63) is 65.1 Å². The maximum absolute atomic E-state index is 14.3. The van der Waals surface area contributed by atoms with E-state index in [0.29, 0.717) is 11.3 Å². The molecule has 0 spiro atoms. The maximum atomic E-state index is 14.3. The second-order valence-corrected chi connectivity index (χ2v) is 5.99. The summed E-state index contributed by atoms with van der Waals surface area (Å²) in [7, 11) is 3.39. The molecule has 134 valence electrons. The fourth-order valence-corrected chi connectivity index (χ4v) is 2.91. The molecule has 1 aromatic heterocycles. The van der Waals surface area contributed by atoms with E-state index in [9.17, 15) is 4.39 Å². The zero-order chi connectivity index (χ0) is 18.3. The van der Waals surface area contributed by atoms with E-state index >= 15 is 0 Å². The number of hydrogen-bond acceptors (Lipinski definition) is 7. The van der Waals surface area contributed by atoms with E-state index in [0.717, 1.165) is 22.7 Å². The van der Waals surface area contributed by atoms with Gasteiger partial charge in [0.05, 0.1) is 25.5 Å². The Kier molecular flexibility index (Phi) is 3.85. The van der Waals surface area contributed by atoms with Crippen molar-refractivity contribution in [2.45, 2.75) is 6.54 Å². The van der Waals surface area contributed by atoms with Crippen LogP contribution in [0.3, 0.4) is 0 Å². The lowest BCUT2D eigenvalue weighted by Crippen LogP contribution is -2.33. The van der Waals surface area contributed by atoms with Crippen LogP contribution < -0.4 is 16.0 Å². The van der Waals surface area contributed by atoms with E-state index in [-0.39, 0.29) is 12.4 Å². The summed E-state index contributed by atoms with van der Waals surface area (Å²) >= 11 is 0. The molecule has 0 saturated carbocycles. The molecular formula is C17H18FN7O. The summed E-state index contributed by atoms with van der Waals surface area (Å²) in [5.74, 6) is 6.11. The number of fused-ring (bicyclic) bond motifs is 1. The van der Waals surface area contributed by atoms with Crippen LogP contribution in [0.2, 0.25) is 0 Å². The molecule has 2 aliphatic heterocycles. The Bertz CT molecular complexity index is 946. The average molecular weight is 355 g/mol. The van der Waals surface area contributed by atoms with Crippen LogP contribution in [0.4, 0.5) is 4.39 Å². The Morgan fingerprint density at radius 1 is 1.35 bits per heavy atom. The van der Waals surface area contributed by atoms with E-state index < -0.39 is 0 Å². The monoisotopic (exact) mass is 355 g/mol. The summed E-state index contributed by atoms with van der Waals surface area (Å²) < 4.78 is 21.2. The Hall–Kier alpha value is -3.33. The second-order valence-electron chi connectivity index (χ2n) is 5.99. The number of nitrogens with one attached hydrogen (secondary N) is 1. The van der Waals surface area contributed by atoms with Gasteiger partial charge in [-0.2, -0.15) is 5.10 Å². The molecule has 9 heteroatoms. The molecule has 1 aromatic carbocycles. The topological polar surface area (TPSA) is 83.9 Å². The summed E-state index contributed by atoms with van der Waals surface area (Å²) in [5.41, 5.74) is 6.91. The number of methoxy groups -OCH3 is 1. The van der Waals surface area contributed by atoms with E-state index in [1.807, 2.05) is 13.2 Å². The number of hydrogen-bond donors (Lipinski definition) is 2. The highest BCUT2D eigenvalue weighted by atomic mass is 19.1. The van der Waals surface area contributed by atoms with Crippen molar-refractivity contribution in [3.63, 3.8) is 0 Å². The minimum absolute atomic E-state index is 0.269. The van der Waals surface area contributed by atoms with Crippen molar-refractivity contribution in [1.82, 2.24) is 25.2 Å². The lowest BCUT2D eigenvalue weighted by molar-refractivity contribution is 0.297. The minimum Gasteiger partial charge on any atom is -0.497 e. The highest BCUT2D eigenvalue weighted by Crippen LogP contribution is 2.34. The van der Waals surface area contributed by atoms with Crippen LogP contribution in [0.1, 0.15) is 11.1 Å². The third-order valence-electron chi connectivity index (χ3n) is 4.18. The Morgan fingerprint density at radius 3 is 2.92 bits per heavy atom. The number of aliphatic imine (C=N–C) groups is 1. The van der Waals surface area contributed by atoms with Gasteiger partial charge in [0.15, 0.2) is 0 Å². The Labute approximate surface area is 149 Å². The molecular weight excluding hydrogens is 337 g/mol. The van der Waals surface area contributed by atoms with Crippen molar-refractivity contribution in [3.8, 4) is 5.75 Å². The van der Waals surface area contributed by atoms with Crippen LogP contribution in [0, 0.1) is 5.82 Å². The fourth-order valence-electron chi connectivity index (χ4n) is 2.91. The van der Waals surface area contributed by atoms with E-state index in [1.165, 1.54) is 17.4 Å². The van der Waals surface area contributed by atoms with Crippen molar-refractivity contribution in [2.24, 2.45) is 17.9 Å². The number of hydrazine groups is 2. The molecule has 0 fully saturated rings. The van der Waals surface area contributed by atoms with Gasteiger partial charge in [0.2, 0.25) is 0 Å². The van der Waals surface area contributed by atoms with Gasteiger partial charge in [-0.15, -0.1) is 0 Å². The zero-order valence-electron chi connectivity index (χ0n) is 14.3. The molecule has 0 radical (unpaired) electrons. The van der Waals surface area contributed by atoms with E-state index in [2.05, 4.69) is 15.5 Å². The van der Waals surface area contributed by atoms with Gasteiger partial charge < -0.3 is 4.74 Å².